The van der Waals surface area contributed by atoms with Gasteiger partial charge in [0.25, 0.3) is 5.91 Å². The number of carbonyl (C=O) groups is 2. The lowest BCUT2D eigenvalue weighted by atomic mass is 10.0. The van der Waals surface area contributed by atoms with E-state index in [0.717, 1.165) is 27.3 Å². The summed E-state index contributed by atoms with van der Waals surface area (Å²) in [4.78, 5) is 34.2. The number of carbonyl (C=O) groups excluding carboxylic acids is 1. The Morgan fingerprint density at radius 2 is 1.97 bits per heavy atom. The van der Waals surface area contributed by atoms with Gasteiger partial charge in [0.15, 0.2) is 6.10 Å². The van der Waals surface area contributed by atoms with Crippen LogP contribution in [0.3, 0.4) is 0 Å². The topological polar surface area (TPSA) is 111 Å². The first-order chi connectivity index (χ1) is 16.2. The molecule has 2 heterocycles. The third kappa shape index (κ3) is 6.18. The molecule has 0 spiro atoms. The van der Waals surface area contributed by atoms with Crippen LogP contribution >= 0.6 is 11.3 Å². The van der Waals surface area contributed by atoms with Gasteiger partial charge in [-0.25, -0.2) is 9.78 Å². The number of aryl methyl sites for hydroxylation is 2. The normalized spacial score (nSPS) is 11.9. The number of nitrogens with one attached hydrogen (secondary N) is 1. The molecule has 2 aromatic heterocycles. The molecule has 180 valence electrons. The van der Waals surface area contributed by atoms with Gasteiger partial charge in [-0.1, -0.05) is 18.2 Å². The third-order valence-electron chi connectivity index (χ3n) is 5.14. The number of pyridine rings is 1. The van der Waals surface area contributed by atoms with E-state index in [-0.39, 0.29) is 25.0 Å². The maximum atomic E-state index is 12.9. The van der Waals surface area contributed by atoms with Crippen LogP contribution in [0.2, 0.25) is 0 Å². The summed E-state index contributed by atoms with van der Waals surface area (Å²) < 4.78 is 10.9. The van der Waals surface area contributed by atoms with Crippen molar-refractivity contribution in [3.05, 3.63) is 63.8 Å². The molecule has 3 rings (SSSR count). The van der Waals surface area contributed by atoms with Crippen LogP contribution in [-0.2, 0) is 22.5 Å². The number of carboxylic acid groups (broad SMARTS) is 1. The molecule has 8 nitrogen and oxygen atoms in total. The number of methoxy groups -OCH3 is 1. The predicted octanol–water partition coefficient (Wildman–Crippen LogP) is 4.18. The molecular weight excluding hydrogens is 454 g/mol. The van der Waals surface area contributed by atoms with E-state index in [2.05, 4.69) is 15.3 Å². The van der Waals surface area contributed by atoms with Crippen molar-refractivity contribution in [3.8, 4) is 16.5 Å². The fourth-order valence-corrected chi connectivity index (χ4v) is 4.48. The van der Waals surface area contributed by atoms with Gasteiger partial charge in [-0.15, -0.1) is 11.3 Å². The first kappa shape index (κ1) is 25.3. The minimum absolute atomic E-state index is 0.202. The molecule has 34 heavy (non-hydrogen) atoms. The Morgan fingerprint density at radius 1 is 1.21 bits per heavy atom. The summed E-state index contributed by atoms with van der Waals surface area (Å²) in [5.41, 5.74) is 3.62. The fourth-order valence-electron chi connectivity index (χ4n) is 3.51. The van der Waals surface area contributed by atoms with E-state index in [9.17, 15) is 14.7 Å². The maximum absolute atomic E-state index is 12.9. The molecule has 9 heteroatoms. The van der Waals surface area contributed by atoms with Crippen LogP contribution < -0.4 is 10.1 Å². The zero-order valence-corrected chi connectivity index (χ0v) is 20.7. The lowest BCUT2D eigenvalue weighted by Gasteiger charge is -2.18. The summed E-state index contributed by atoms with van der Waals surface area (Å²) in [5.74, 6) is -0.717. The number of amides is 1. The quantitative estimate of drug-likeness (QED) is 0.445. The van der Waals surface area contributed by atoms with Gasteiger partial charge in [0, 0.05) is 29.6 Å². The van der Waals surface area contributed by atoms with Crippen molar-refractivity contribution in [2.24, 2.45) is 0 Å². The first-order valence-electron chi connectivity index (χ1n) is 10.9. The standard InChI is InChI=1S/C25H29N3O5S/c1-14(2)33-20(25(30)31)12-17-8-9-19(32-5)18(11-17)13-27-23(29)22-16(4)34-24(28-22)21-15(3)7-6-10-26-21/h6-11,14,20H,12-13H2,1-5H3,(H,27,29)(H,30,31). The van der Waals surface area contributed by atoms with E-state index in [4.69, 9.17) is 9.47 Å². The van der Waals surface area contributed by atoms with Gasteiger partial charge in [-0.2, -0.15) is 0 Å². The number of carboxylic acids is 1. The summed E-state index contributed by atoms with van der Waals surface area (Å²) in [6, 6.07) is 9.22. The second-order valence-corrected chi connectivity index (χ2v) is 9.34. The van der Waals surface area contributed by atoms with Gasteiger partial charge in [0.05, 0.1) is 13.2 Å². The highest BCUT2D eigenvalue weighted by Crippen LogP contribution is 2.28. The minimum atomic E-state index is -1.02. The number of hydrogen-bond donors (Lipinski definition) is 2. The second kappa shape index (κ2) is 11.2. The van der Waals surface area contributed by atoms with Crippen molar-refractivity contribution in [1.29, 1.82) is 0 Å². The fraction of sp³-hybridized carbons (Fsp3) is 0.360. The Bertz CT molecular complexity index is 1180. The summed E-state index contributed by atoms with van der Waals surface area (Å²) in [7, 11) is 1.55. The number of aromatic nitrogens is 2. The van der Waals surface area contributed by atoms with Crippen molar-refractivity contribution in [3.63, 3.8) is 0 Å². The number of aliphatic carboxylic acids is 1. The molecule has 0 saturated carbocycles. The Kier molecular flexibility index (Phi) is 8.36. The Labute approximate surface area is 203 Å². The van der Waals surface area contributed by atoms with Gasteiger partial charge >= 0.3 is 5.97 Å². The smallest absolute Gasteiger partial charge is 0.333 e. The molecule has 1 atom stereocenters. The van der Waals surface area contributed by atoms with Crippen molar-refractivity contribution >= 4 is 23.2 Å². The second-order valence-electron chi connectivity index (χ2n) is 8.14. The van der Waals surface area contributed by atoms with Gasteiger partial charge in [-0.05, 0) is 51.0 Å². The predicted molar refractivity (Wildman–Crippen MR) is 130 cm³/mol. The number of ether oxygens (including phenoxy) is 2. The molecule has 0 saturated heterocycles. The Hall–Kier alpha value is -3.30. The van der Waals surface area contributed by atoms with E-state index in [1.807, 2.05) is 32.0 Å². The number of hydrogen-bond acceptors (Lipinski definition) is 7. The van der Waals surface area contributed by atoms with Crippen LogP contribution in [0.4, 0.5) is 0 Å². The minimum Gasteiger partial charge on any atom is -0.496 e. The van der Waals surface area contributed by atoms with Gasteiger partial charge in [0.1, 0.15) is 22.1 Å². The van der Waals surface area contributed by atoms with E-state index < -0.39 is 12.1 Å². The lowest BCUT2D eigenvalue weighted by Crippen LogP contribution is -2.29. The monoisotopic (exact) mass is 483 g/mol. The zero-order valence-electron chi connectivity index (χ0n) is 19.9. The summed E-state index contributed by atoms with van der Waals surface area (Å²) in [6.45, 7) is 7.61. The number of thiazole rings is 1. The van der Waals surface area contributed by atoms with Crippen molar-refractivity contribution in [2.75, 3.05) is 7.11 Å². The van der Waals surface area contributed by atoms with E-state index in [1.54, 1.807) is 39.3 Å². The van der Waals surface area contributed by atoms with Crippen LogP contribution in [-0.4, -0.2) is 46.3 Å². The molecule has 0 bridgehead atoms. The summed E-state index contributed by atoms with van der Waals surface area (Å²) >= 11 is 1.43. The molecule has 0 aliphatic carbocycles. The third-order valence-corrected chi connectivity index (χ3v) is 6.12. The molecule has 0 aliphatic rings. The van der Waals surface area contributed by atoms with Gasteiger partial charge in [-0.3, -0.25) is 9.78 Å². The average Bonchev–Trinajstić information content (AvgIpc) is 3.18. The molecule has 0 fully saturated rings. The van der Waals surface area contributed by atoms with Crippen molar-refractivity contribution < 1.29 is 24.2 Å². The highest BCUT2D eigenvalue weighted by Gasteiger charge is 2.22. The molecule has 1 aromatic carbocycles. The summed E-state index contributed by atoms with van der Waals surface area (Å²) in [5, 5.41) is 13.1. The van der Waals surface area contributed by atoms with Gasteiger partial charge < -0.3 is 19.9 Å². The maximum Gasteiger partial charge on any atom is 0.333 e. The highest BCUT2D eigenvalue weighted by atomic mass is 32.1. The van der Waals surface area contributed by atoms with Crippen LogP contribution in [0, 0.1) is 13.8 Å². The van der Waals surface area contributed by atoms with Crippen molar-refractivity contribution in [1.82, 2.24) is 15.3 Å². The number of nitrogens with zero attached hydrogens (tertiary/aromatic N) is 2. The zero-order chi connectivity index (χ0) is 24.8. The molecular formula is C25H29N3O5S. The Morgan fingerprint density at radius 3 is 2.62 bits per heavy atom. The van der Waals surface area contributed by atoms with Crippen LogP contribution in [0.15, 0.2) is 36.5 Å². The van der Waals surface area contributed by atoms with Crippen molar-refractivity contribution in [2.45, 2.75) is 52.9 Å². The first-order valence-corrected chi connectivity index (χ1v) is 11.7. The van der Waals surface area contributed by atoms with E-state index >= 15 is 0 Å². The van der Waals surface area contributed by atoms with Crippen LogP contribution in [0.25, 0.3) is 10.7 Å². The SMILES string of the molecule is COc1ccc(CC(OC(C)C)C(=O)O)cc1CNC(=O)c1nc(-c2ncccc2C)sc1C. The molecule has 1 unspecified atom stereocenters. The largest absolute Gasteiger partial charge is 0.496 e. The Balaban J connectivity index is 1.76. The van der Waals surface area contributed by atoms with Crippen LogP contribution in [0.5, 0.6) is 5.75 Å². The molecule has 1 amide bonds. The molecule has 0 radical (unpaired) electrons. The molecule has 3 aromatic rings. The highest BCUT2D eigenvalue weighted by molar-refractivity contribution is 7.15. The lowest BCUT2D eigenvalue weighted by molar-refractivity contribution is -0.153. The summed E-state index contributed by atoms with van der Waals surface area (Å²) in [6.07, 6.45) is 0.747. The number of benzene rings is 1. The molecule has 2 N–H and O–H groups in total. The van der Waals surface area contributed by atoms with Gasteiger partial charge in [0.2, 0.25) is 0 Å². The van der Waals surface area contributed by atoms with E-state index in [0.29, 0.717) is 16.5 Å². The average molecular weight is 484 g/mol. The number of rotatable bonds is 10. The van der Waals surface area contributed by atoms with E-state index in [1.165, 1.54) is 11.3 Å². The van der Waals surface area contributed by atoms with Crippen LogP contribution in [0.1, 0.15) is 45.9 Å². The molecule has 0 aliphatic heterocycles.